The quantitative estimate of drug-likeness (QED) is 0.716. The molecule has 0 saturated heterocycles. The number of aromatic nitrogens is 1. The van der Waals surface area contributed by atoms with Crippen LogP contribution in [0.5, 0.6) is 0 Å². The van der Waals surface area contributed by atoms with Crippen LogP contribution in [0.1, 0.15) is 17.5 Å². The summed E-state index contributed by atoms with van der Waals surface area (Å²) in [5.41, 5.74) is 5.81. The molecular weight excluding hydrogens is 308 g/mol. The van der Waals surface area contributed by atoms with E-state index in [1.54, 1.807) is 6.20 Å². The van der Waals surface area contributed by atoms with Crippen LogP contribution in [0.4, 0.5) is 5.69 Å². The number of pyridine rings is 1. The number of carbonyl (C=O) groups excluding carboxylic acids is 1. The first kappa shape index (κ1) is 15.6. The van der Waals surface area contributed by atoms with Gasteiger partial charge in [-0.05, 0) is 41.2 Å². The van der Waals surface area contributed by atoms with Crippen LogP contribution in [0, 0.1) is 0 Å². The van der Waals surface area contributed by atoms with Crippen LogP contribution in [0.3, 0.4) is 0 Å². The van der Waals surface area contributed by atoms with E-state index in [9.17, 15) is 4.79 Å². The number of fused-ring (bicyclic) bond motifs is 1. The van der Waals surface area contributed by atoms with Gasteiger partial charge < -0.3 is 4.90 Å². The Morgan fingerprint density at radius 3 is 2.52 bits per heavy atom. The van der Waals surface area contributed by atoms with Crippen molar-refractivity contribution in [3.05, 3.63) is 84.2 Å². The smallest absolute Gasteiger partial charge is 0.227 e. The summed E-state index contributed by atoms with van der Waals surface area (Å²) in [5.74, 6) is 0.192. The van der Waals surface area contributed by atoms with Crippen LogP contribution < -0.4 is 4.90 Å². The molecule has 0 fully saturated rings. The summed E-state index contributed by atoms with van der Waals surface area (Å²) >= 11 is 0. The van der Waals surface area contributed by atoms with Gasteiger partial charge in [0, 0.05) is 31.0 Å². The van der Waals surface area contributed by atoms with Gasteiger partial charge in [-0.3, -0.25) is 9.78 Å². The van der Waals surface area contributed by atoms with Crippen molar-refractivity contribution >= 4 is 11.6 Å². The van der Waals surface area contributed by atoms with Crippen molar-refractivity contribution in [2.45, 2.75) is 19.3 Å². The third-order valence-corrected chi connectivity index (χ3v) is 4.76. The highest BCUT2D eigenvalue weighted by atomic mass is 16.2. The average Bonchev–Trinajstić information content (AvgIpc) is 3.11. The van der Waals surface area contributed by atoms with Crippen molar-refractivity contribution in [1.82, 2.24) is 4.98 Å². The zero-order valence-electron chi connectivity index (χ0n) is 14.1. The molecule has 0 radical (unpaired) electrons. The molecule has 0 unspecified atom stereocenters. The molecule has 25 heavy (non-hydrogen) atoms. The number of nitrogens with zero attached hydrogens (tertiary/aromatic N) is 2. The van der Waals surface area contributed by atoms with E-state index in [4.69, 9.17) is 0 Å². The fraction of sp³-hybridized carbons (Fsp3) is 0.182. The molecule has 3 aromatic rings. The summed E-state index contributed by atoms with van der Waals surface area (Å²) in [7, 11) is 0. The van der Waals surface area contributed by atoms with E-state index in [0.717, 1.165) is 25.1 Å². The fourth-order valence-corrected chi connectivity index (χ4v) is 3.37. The first-order valence-electron chi connectivity index (χ1n) is 8.69. The van der Waals surface area contributed by atoms with E-state index >= 15 is 0 Å². The fourth-order valence-electron chi connectivity index (χ4n) is 3.37. The molecular formula is C22H20N2O. The Labute approximate surface area is 148 Å². The Morgan fingerprint density at radius 1 is 0.960 bits per heavy atom. The van der Waals surface area contributed by atoms with E-state index in [0.29, 0.717) is 6.42 Å². The van der Waals surface area contributed by atoms with Crippen molar-refractivity contribution in [3.8, 4) is 11.1 Å². The topological polar surface area (TPSA) is 33.2 Å². The maximum Gasteiger partial charge on any atom is 0.227 e. The third kappa shape index (κ3) is 3.31. The van der Waals surface area contributed by atoms with E-state index in [-0.39, 0.29) is 5.91 Å². The number of hydrogen-bond acceptors (Lipinski definition) is 2. The van der Waals surface area contributed by atoms with Crippen molar-refractivity contribution in [2.24, 2.45) is 0 Å². The minimum absolute atomic E-state index is 0.192. The summed E-state index contributed by atoms with van der Waals surface area (Å²) in [6, 6.07) is 20.8. The predicted molar refractivity (Wildman–Crippen MR) is 100 cm³/mol. The SMILES string of the molecule is O=C(CCc1ccc(-c2ccccc2)cc1)N1CCc2cnccc21. The molecule has 0 saturated carbocycles. The highest BCUT2D eigenvalue weighted by Crippen LogP contribution is 2.27. The van der Waals surface area contributed by atoms with Gasteiger partial charge in [0.2, 0.25) is 5.91 Å². The van der Waals surface area contributed by atoms with Crippen LogP contribution >= 0.6 is 0 Å². The second-order valence-electron chi connectivity index (χ2n) is 6.36. The minimum Gasteiger partial charge on any atom is -0.312 e. The van der Waals surface area contributed by atoms with E-state index in [2.05, 4.69) is 41.4 Å². The molecule has 3 heteroatoms. The normalized spacial score (nSPS) is 12.9. The first-order chi connectivity index (χ1) is 12.3. The van der Waals surface area contributed by atoms with Crippen LogP contribution in [0.2, 0.25) is 0 Å². The molecule has 2 aromatic carbocycles. The van der Waals surface area contributed by atoms with Gasteiger partial charge in [-0.25, -0.2) is 0 Å². The first-order valence-corrected chi connectivity index (χ1v) is 8.69. The Morgan fingerprint density at radius 2 is 1.72 bits per heavy atom. The standard InChI is InChI=1S/C22H20N2O/c25-22(24-15-13-20-16-23-14-12-21(20)24)11-8-17-6-9-19(10-7-17)18-4-2-1-3-5-18/h1-7,9-10,12,14,16H,8,11,13,15H2. The highest BCUT2D eigenvalue weighted by molar-refractivity contribution is 5.95. The van der Waals surface area contributed by atoms with Crippen molar-refractivity contribution in [2.75, 3.05) is 11.4 Å². The van der Waals surface area contributed by atoms with Gasteiger partial charge in [0.05, 0.1) is 0 Å². The van der Waals surface area contributed by atoms with Crippen LogP contribution in [0.25, 0.3) is 11.1 Å². The van der Waals surface area contributed by atoms with Gasteiger partial charge in [-0.15, -0.1) is 0 Å². The lowest BCUT2D eigenvalue weighted by molar-refractivity contribution is -0.118. The van der Waals surface area contributed by atoms with E-state index < -0.39 is 0 Å². The molecule has 0 atom stereocenters. The van der Waals surface area contributed by atoms with Crippen LogP contribution in [-0.2, 0) is 17.6 Å². The molecule has 2 heterocycles. The molecule has 0 N–H and O–H groups in total. The number of amides is 1. The highest BCUT2D eigenvalue weighted by Gasteiger charge is 2.23. The molecule has 3 nitrogen and oxygen atoms in total. The van der Waals surface area contributed by atoms with Gasteiger partial charge >= 0.3 is 0 Å². The van der Waals surface area contributed by atoms with E-state index in [1.807, 2.05) is 35.4 Å². The lowest BCUT2D eigenvalue weighted by atomic mass is 10.0. The predicted octanol–water partition coefficient (Wildman–Crippen LogP) is 4.27. The summed E-state index contributed by atoms with van der Waals surface area (Å²) in [6.45, 7) is 0.771. The average molecular weight is 328 g/mol. The number of carbonyl (C=O) groups is 1. The number of hydrogen-bond donors (Lipinski definition) is 0. The molecule has 1 aliphatic rings. The lowest BCUT2D eigenvalue weighted by Gasteiger charge is -2.17. The van der Waals surface area contributed by atoms with Crippen LogP contribution in [-0.4, -0.2) is 17.4 Å². The van der Waals surface area contributed by atoms with Crippen LogP contribution in [0.15, 0.2) is 73.1 Å². The van der Waals surface area contributed by atoms with Gasteiger partial charge in [0.25, 0.3) is 0 Å². The second-order valence-corrected chi connectivity index (χ2v) is 6.36. The molecule has 4 rings (SSSR count). The zero-order valence-corrected chi connectivity index (χ0v) is 14.1. The number of rotatable bonds is 4. The summed E-state index contributed by atoms with van der Waals surface area (Å²) < 4.78 is 0. The molecule has 1 amide bonds. The summed E-state index contributed by atoms with van der Waals surface area (Å²) in [5, 5.41) is 0. The lowest BCUT2D eigenvalue weighted by Crippen LogP contribution is -2.29. The number of aryl methyl sites for hydroxylation is 1. The van der Waals surface area contributed by atoms with Gasteiger partial charge in [-0.2, -0.15) is 0 Å². The van der Waals surface area contributed by atoms with Gasteiger partial charge in [-0.1, -0.05) is 54.6 Å². The molecule has 1 aliphatic heterocycles. The van der Waals surface area contributed by atoms with Gasteiger partial charge in [0.15, 0.2) is 0 Å². The van der Waals surface area contributed by atoms with E-state index in [1.165, 1.54) is 22.3 Å². The monoisotopic (exact) mass is 328 g/mol. The van der Waals surface area contributed by atoms with Crippen molar-refractivity contribution in [1.29, 1.82) is 0 Å². The maximum atomic E-state index is 12.6. The van der Waals surface area contributed by atoms with Crippen molar-refractivity contribution in [3.63, 3.8) is 0 Å². The molecule has 0 spiro atoms. The summed E-state index contributed by atoms with van der Waals surface area (Å²) in [4.78, 5) is 18.6. The summed E-state index contributed by atoms with van der Waals surface area (Å²) in [6.07, 6.45) is 5.83. The minimum atomic E-state index is 0.192. The largest absolute Gasteiger partial charge is 0.312 e. The molecule has 0 aliphatic carbocycles. The Balaban J connectivity index is 1.40. The number of anilines is 1. The molecule has 1 aromatic heterocycles. The Hall–Kier alpha value is -2.94. The Bertz CT molecular complexity index is 872. The van der Waals surface area contributed by atoms with Gasteiger partial charge in [0.1, 0.15) is 0 Å². The van der Waals surface area contributed by atoms with Crippen molar-refractivity contribution < 1.29 is 4.79 Å². The molecule has 0 bridgehead atoms. The Kier molecular flexibility index (Phi) is 4.30. The maximum absolute atomic E-state index is 12.6. The molecule has 124 valence electrons. The zero-order chi connectivity index (χ0) is 17.1. The number of benzene rings is 2. The second kappa shape index (κ2) is 6.89. The third-order valence-electron chi connectivity index (χ3n) is 4.76.